The maximum absolute atomic E-state index is 13.4. The number of ether oxygens (including phenoxy) is 2. The molecule has 28 heavy (non-hydrogen) atoms. The number of anilines is 1. The predicted octanol–water partition coefficient (Wildman–Crippen LogP) is 4.49. The molecule has 6 heteroatoms. The van der Waals surface area contributed by atoms with E-state index in [1.165, 1.54) is 11.3 Å². The molecule has 0 radical (unpaired) electrons. The van der Waals surface area contributed by atoms with Crippen LogP contribution in [0.15, 0.2) is 54.0 Å². The molecular weight excluding hydrogens is 372 g/mol. The van der Waals surface area contributed by atoms with Crippen molar-refractivity contribution in [1.29, 1.82) is 0 Å². The Bertz CT molecular complexity index is 989. The monoisotopic (exact) mass is 394 g/mol. The Balaban J connectivity index is 1.82. The summed E-state index contributed by atoms with van der Waals surface area (Å²) in [6, 6.07) is 14.2. The second kappa shape index (κ2) is 7.28. The summed E-state index contributed by atoms with van der Waals surface area (Å²) in [6.07, 6.45) is 2.30. The normalized spacial score (nSPS) is 20.5. The molecule has 4 rings (SSSR count). The van der Waals surface area contributed by atoms with Gasteiger partial charge < -0.3 is 14.8 Å². The number of methoxy groups -OCH3 is 2. The van der Waals surface area contributed by atoms with Crippen LogP contribution >= 0.6 is 11.3 Å². The van der Waals surface area contributed by atoms with Gasteiger partial charge in [-0.15, -0.1) is 11.3 Å². The van der Waals surface area contributed by atoms with Gasteiger partial charge in [0.2, 0.25) is 5.91 Å². The van der Waals surface area contributed by atoms with Crippen molar-refractivity contribution >= 4 is 22.4 Å². The lowest BCUT2D eigenvalue weighted by Crippen LogP contribution is -2.37. The van der Waals surface area contributed by atoms with E-state index in [1.54, 1.807) is 20.4 Å². The molecule has 2 atom stereocenters. The van der Waals surface area contributed by atoms with Gasteiger partial charge >= 0.3 is 0 Å². The number of fused-ring (bicyclic) bond motifs is 1. The highest BCUT2D eigenvalue weighted by molar-refractivity contribution is 7.13. The summed E-state index contributed by atoms with van der Waals surface area (Å²) in [5.41, 5.74) is 2.64. The average molecular weight is 394 g/mol. The van der Waals surface area contributed by atoms with E-state index in [0.29, 0.717) is 23.1 Å². The minimum atomic E-state index is -0.660. The molecule has 0 unspecified atom stereocenters. The van der Waals surface area contributed by atoms with Gasteiger partial charge in [-0.25, -0.2) is 4.98 Å². The summed E-state index contributed by atoms with van der Waals surface area (Å²) in [6.45, 7) is 2.02. The zero-order valence-electron chi connectivity index (χ0n) is 16.1. The fraction of sp³-hybridized carbons (Fsp3) is 0.273. The first-order chi connectivity index (χ1) is 13.6. The predicted molar refractivity (Wildman–Crippen MR) is 110 cm³/mol. The molecule has 0 spiro atoms. The molecule has 0 saturated carbocycles. The zero-order valence-corrected chi connectivity index (χ0v) is 16.9. The summed E-state index contributed by atoms with van der Waals surface area (Å²) in [7, 11) is 3.26. The summed E-state index contributed by atoms with van der Waals surface area (Å²) in [5, 5.41) is 5.47. The van der Waals surface area contributed by atoms with Crippen molar-refractivity contribution in [2.24, 2.45) is 5.41 Å². The Morgan fingerprint density at radius 1 is 1.18 bits per heavy atom. The summed E-state index contributed by atoms with van der Waals surface area (Å²) in [4.78, 5) is 17.6. The van der Waals surface area contributed by atoms with Gasteiger partial charge in [-0.1, -0.05) is 30.3 Å². The van der Waals surface area contributed by atoms with Crippen molar-refractivity contribution in [2.75, 3.05) is 19.5 Å². The minimum Gasteiger partial charge on any atom is -0.493 e. The van der Waals surface area contributed by atoms with Crippen LogP contribution < -0.4 is 14.8 Å². The number of hydrogen-bond donors (Lipinski definition) is 1. The Morgan fingerprint density at radius 3 is 2.54 bits per heavy atom. The van der Waals surface area contributed by atoms with Gasteiger partial charge in [0.25, 0.3) is 0 Å². The first-order valence-corrected chi connectivity index (χ1v) is 9.95. The topological polar surface area (TPSA) is 60.5 Å². The SMILES string of the molecule is COc1cc2c(cc1OC)[C@@H](c1ccccc1)[C@@](C)(C(=O)Nc1nccs1)C2. The van der Waals surface area contributed by atoms with Crippen LogP contribution in [0.4, 0.5) is 5.13 Å². The number of nitrogens with one attached hydrogen (secondary N) is 1. The Kier molecular flexibility index (Phi) is 4.81. The Hall–Kier alpha value is -2.86. The standard InChI is InChI=1S/C22H22N2O3S/c1-22(20(25)24-21-23-9-10-28-21)13-15-11-17(26-2)18(27-3)12-16(15)19(22)14-7-5-4-6-8-14/h4-12,19H,13H2,1-3H3,(H,23,24,25)/t19-,22+/m1/s1. The highest BCUT2D eigenvalue weighted by Crippen LogP contribution is 2.53. The largest absolute Gasteiger partial charge is 0.493 e. The lowest BCUT2D eigenvalue weighted by atomic mass is 9.73. The van der Waals surface area contributed by atoms with Crippen LogP contribution in [0, 0.1) is 5.41 Å². The molecular formula is C22H22N2O3S. The van der Waals surface area contributed by atoms with E-state index in [0.717, 1.165) is 16.7 Å². The molecule has 1 aliphatic rings. The summed E-state index contributed by atoms with van der Waals surface area (Å²) >= 11 is 1.42. The molecule has 3 aromatic rings. The molecule has 1 amide bonds. The number of rotatable bonds is 5. The first kappa shape index (κ1) is 18.5. The fourth-order valence-electron chi connectivity index (χ4n) is 4.13. The van der Waals surface area contributed by atoms with Crippen LogP contribution in [0.25, 0.3) is 0 Å². The van der Waals surface area contributed by atoms with Crippen LogP contribution in [-0.4, -0.2) is 25.1 Å². The van der Waals surface area contributed by atoms with E-state index < -0.39 is 5.41 Å². The van der Waals surface area contributed by atoms with Gasteiger partial charge in [0.1, 0.15) is 0 Å². The average Bonchev–Trinajstić information content (AvgIpc) is 3.32. The van der Waals surface area contributed by atoms with E-state index in [2.05, 4.69) is 22.4 Å². The molecule has 1 heterocycles. The molecule has 144 valence electrons. The van der Waals surface area contributed by atoms with Crippen molar-refractivity contribution in [3.05, 3.63) is 70.7 Å². The first-order valence-electron chi connectivity index (χ1n) is 9.07. The molecule has 1 aliphatic carbocycles. The van der Waals surface area contributed by atoms with Crippen molar-refractivity contribution in [2.45, 2.75) is 19.3 Å². The molecule has 1 aromatic heterocycles. The van der Waals surface area contributed by atoms with Crippen LogP contribution in [0.3, 0.4) is 0 Å². The Labute approximate surface area is 168 Å². The van der Waals surface area contributed by atoms with E-state index in [-0.39, 0.29) is 11.8 Å². The third-order valence-corrected chi connectivity index (χ3v) is 6.14. The third kappa shape index (κ3) is 3.03. The van der Waals surface area contributed by atoms with Gasteiger partial charge in [-0.05, 0) is 42.2 Å². The molecule has 2 aromatic carbocycles. The maximum Gasteiger partial charge on any atom is 0.233 e. The smallest absolute Gasteiger partial charge is 0.233 e. The van der Waals surface area contributed by atoms with Gasteiger partial charge in [0.05, 0.1) is 19.6 Å². The number of hydrogen-bond acceptors (Lipinski definition) is 5. The second-order valence-corrected chi connectivity index (χ2v) is 8.03. The van der Waals surface area contributed by atoms with Crippen molar-refractivity contribution in [3.8, 4) is 11.5 Å². The van der Waals surface area contributed by atoms with Gasteiger partial charge in [0.15, 0.2) is 16.6 Å². The molecule has 1 N–H and O–H groups in total. The number of carbonyl (C=O) groups is 1. The van der Waals surface area contributed by atoms with Gasteiger partial charge in [-0.2, -0.15) is 0 Å². The van der Waals surface area contributed by atoms with Crippen molar-refractivity contribution in [3.63, 3.8) is 0 Å². The van der Waals surface area contributed by atoms with Gasteiger partial charge in [0, 0.05) is 17.5 Å². The summed E-state index contributed by atoms with van der Waals surface area (Å²) < 4.78 is 11.0. The van der Waals surface area contributed by atoms with Crippen LogP contribution in [0.1, 0.15) is 29.5 Å². The number of amides is 1. The van der Waals surface area contributed by atoms with Crippen molar-refractivity contribution < 1.29 is 14.3 Å². The van der Waals surface area contributed by atoms with E-state index in [9.17, 15) is 4.79 Å². The molecule has 5 nitrogen and oxygen atoms in total. The van der Waals surface area contributed by atoms with Crippen LogP contribution in [-0.2, 0) is 11.2 Å². The Morgan fingerprint density at radius 2 is 1.89 bits per heavy atom. The molecule has 0 fully saturated rings. The number of benzene rings is 2. The van der Waals surface area contributed by atoms with E-state index >= 15 is 0 Å². The number of thiazole rings is 1. The number of carbonyl (C=O) groups excluding carboxylic acids is 1. The third-order valence-electron chi connectivity index (χ3n) is 5.46. The molecule has 0 saturated heterocycles. The second-order valence-electron chi connectivity index (χ2n) is 7.14. The fourth-order valence-corrected chi connectivity index (χ4v) is 4.65. The molecule has 0 aliphatic heterocycles. The van der Waals surface area contributed by atoms with Crippen LogP contribution in [0.5, 0.6) is 11.5 Å². The zero-order chi connectivity index (χ0) is 19.7. The number of nitrogens with zero attached hydrogens (tertiary/aromatic N) is 1. The van der Waals surface area contributed by atoms with Crippen LogP contribution in [0.2, 0.25) is 0 Å². The van der Waals surface area contributed by atoms with Crippen molar-refractivity contribution in [1.82, 2.24) is 4.98 Å². The van der Waals surface area contributed by atoms with E-state index in [4.69, 9.17) is 9.47 Å². The van der Waals surface area contributed by atoms with E-state index in [1.807, 2.05) is 42.6 Å². The highest BCUT2D eigenvalue weighted by Gasteiger charge is 2.49. The minimum absolute atomic E-state index is 0.0366. The number of aromatic nitrogens is 1. The molecule has 0 bridgehead atoms. The lowest BCUT2D eigenvalue weighted by Gasteiger charge is -2.31. The maximum atomic E-state index is 13.4. The van der Waals surface area contributed by atoms with Gasteiger partial charge in [-0.3, -0.25) is 4.79 Å². The quantitative estimate of drug-likeness (QED) is 0.692. The lowest BCUT2D eigenvalue weighted by molar-refractivity contribution is -0.125. The summed E-state index contributed by atoms with van der Waals surface area (Å²) in [5.74, 6) is 1.22. The highest BCUT2D eigenvalue weighted by atomic mass is 32.1.